The predicted octanol–water partition coefficient (Wildman–Crippen LogP) is -0.0307. The Bertz CT molecular complexity index is 227. The van der Waals surface area contributed by atoms with Crippen LogP contribution in [0.5, 0.6) is 0 Å². The third-order valence-corrected chi connectivity index (χ3v) is 3.46. The van der Waals surface area contributed by atoms with E-state index in [2.05, 4.69) is 5.32 Å². The second-order valence-electron chi connectivity index (χ2n) is 4.62. The van der Waals surface area contributed by atoms with Crippen molar-refractivity contribution >= 4 is 5.91 Å². The molecule has 0 saturated carbocycles. The highest BCUT2D eigenvalue weighted by Gasteiger charge is 2.30. The number of carbonyl (C=O) groups excluding carboxylic acids is 1. The molecule has 86 valence electrons. The molecule has 0 aromatic rings. The zero-order chi connectivity index (χ0) is 10.7. The maximum Gasteiger partial charge on any atom is 0.239 e. The Hall–Kier alpha value is -0.610. The molecule has 4 nitrogen and oxygen atoms in total. The minimum absolute atomic E-state index is 0.0381. The van der Waals surface area contributed by atoms with Crippen LogP contribution >= 0.6 is 0 Å². The molecule has 1 amide bonds. The summed E-state index contributed by atoms with van der Waals surface area (Å²) in [6.07, 6.45) is 4.26. The van der Waals surface area contributed by atoms with Crippen LogP contribution in [0, 0.1) is 5.92 Å². The Morgan fingerprint density at radius 2 is 2.27 bits per heavy atom. The molecule has 0 bridgehead atoms. The van der Waals surface area contributed by atoms with Gasteiger partial charge in [0.1, 0.15) is 0 Å². The Labute approximate surface area is 90.6 Å². The van der Waals surface area contributed by atoms with Crippen LogP contribution in [0.4, 0.5) is 0 Å². The number of rotatable bonds is 2. The monoisotopic (exact) mass is 212 g/mol. The van der Waals surface area contributed by atoms with Crippen LogP contribution in [0.1, 0.15) is 25.7 Å². The van der Waals surface area contributed by atoms with Crippen molar-refractivity contribution in [3.05, 3.63) is 0 Å². The lowest BCUT2D eigenvalue weighted by Gasteiger charge is -2.27. The molecule has 2 rings (SSSR count). The standard InChI is InChI=1S/C11H20N2O2/c14-8-9-4-6-13(7-9)11(15)10-3-1-2-5-12-10/h9-10,12,14H,1-8H2/t9?,10-/m1/s1. The Morgan fingerprint density at radius 1 is 1.40 bits per heavy atom. The summed E-state index contributed by atoms with van der Waals surface area (Å²) in [5, 5.41) is 12.3. The van der Waals surface area contributed by atoms with Gasteiger partial charge in [0.2, 0.25) is 5.91 Å². The van der Waals surface area contributed by atoms with E-state index in [0.717, 1.165) is 38.9 Å². The first kappa shape index (κ1) is 10.9. The molecule has 0 radical (unpaired) electrons. The molecule has 0 aromatic heterocycles. The van der Waals surface area contributed by atoms with Crippen LogP contribution in [0.15, 0.2) is 0 Å². The van der Waals surface area contributed by atoms with Crippen molar-refractivity contribution in [2.24, 2.45) is 5.92 Å². The van der Waals surface area contributed by atoms with Gasteiger partial charge in [0.25, 0.3) is 0 Å². The van der Waals surface area contributed by atoms with Crippen LogP contribution in [-0.4, -0.2) is 48.2 Å². The first-order valence-corrected chi connectivity index (χ1v) is 5.94. The Balaban J connectivity index is 1.85. The summed E-state index contributed by atoms with van der Waals surface area (Å²) in [7, 11) is 0. The number of amides is 1. The van der Waals surface area contributed by atoms with Gasteiger partial charge in [-0.25, -0.2) is 0 Å². The van der Waals surface area contributed by atoms with Crippen molar-refractivity contribution in [2.75, 3.05) is 26.2 Å². The molecule has 2 fully saturated rings. The minimum Gasteiger partial charge on any atom is -0.396 e. The smallest absolute Gasteiger partial charge is 0.239 e. The fourth-order valence-electron chi connectivity index (χ4n) is 2.46. The molecule has 2 saturated heterocycles. The second-order valence-corrected chi connectivity index (χ2v) is 4.62. The molecular formula is C11H20N2O2. The lowest BCUT2D eigenvalue weighted by Crippen LogP contribution is -2.47. The summed E-state index contributed by atoms with van der Waals surface area (Å²) in [5.74, 6) is 0.545. The largest absolute Gasteiger partial charge is 0.396 e. The molecule has 2 heterocycles. The summed E-state index contributed by atoms with van der Waals surface area (Å²) in [6, 6.07) is 0.0381. The molecule has 15 heavy (non-hydrogen) atoms. The zero-order valence-electron chi connectivity index (χ0n) is 9.11. The molecule has 0 spiro atoms. The van der Waals surface area contributed by atoms with Gasteiger partial charge in [-0.15, -0.1) is 0 Å². The molecular weight excluding hydrogens is 192 g/mol. The third kappa shape index (κ3) is 2.49. The van der Waals surface area contributed by atoms with E-state index >= 15 is 0 Å². The summed E-state index contributed by atoms with van der Waals surface area (Å²) >= 11 is 0. The summed E-state index contributed by atoms with van der Waals surface area (Å²) in [4.78, 5) is 14.0. The molecule has 2 aliphatic rings. The maximum atomic E-state index is 12.0. The number of hydrogen-bond acceptors (Lipinski definition) is 3. The number of aliphatic hydroxyl groups is 1. The molecule has 2 aliphatic heterocycles. The van der Waals surface area contributed by atoms with Gasteiger partial charge in [-0.2, -0.15) is 0 Å². The van der Waals surface area contributed by atoms with Crippen LogP contribution in [0.2, 0.25) is 0 Å². The summed E-state index contributed by atoms with van der Waals surface area (Å²) < 4.78 is 0. The van der Waals surface area contributed by atoms with Crippen LogP contribution in [-0.2, 0) is 4.79 Å². The van der Waals surface area contributed by atoms with E-state index in [9.17, 15) is 4.79 Å². The predicted molar refractivity (Wildman–Crippen MR) is 57.4 cm³/mol. The number of hydrogen-bond donors (Lipinski definition) is 2. The van der Waals surface area contributed by atoms with E-state index in [-0.39, 0.29) is 18.6 Å². The van der Waals surface area contributed by atoms with Gasteiger partial charge in [0.05, 0.1) is 6.04 Å². The van der Waals surface area contributed by atoms with E-state index < -0.39 is 0 Å². The highest BCUT2D eigenvalue weighted by molar-refractivity contribution is 5.82. The van der Waals surface area contributed by atoms with Gasteiger partial charge < -0.3 is 15.3 Å². The third-order valence-electron chi connectivity index (χ3n) is 3.46. The van der Waals surface area contributed by atoms with E-state index in [1.54, 1.807) is 0 Å². The topological polar surface area (TPSA) is 52.6 Å². The normalized spacial score (nSPS) is 31.9. The summed E-state index contributed by atoms with van der Waals surface area (Å²) in [6.45, 7) is 2.74. The van der Waals surface area contributed by atoms with Crippen molar-refractivity contribution in [3.63, 3.8) is 0 Å². The molecule has 1 unspecified atom stereocenters. The van der Waals surface area contributed by atoms with Crippen molar-refractivity contribution in [3.8, 4) is 0 Å². The van der Waals surface area contributed by atoms with Crippen LogP contribution in [0.3, 0.4) is 0 Å². The number of nitrogens with zero attached hydrogens (tertiary/aromatic N) is 1. The van der Waals surface area contributed by atoms with Crippen molar-refractivity contribution in [1.29, 1.82) is 0 Å². The number of aliphatic hydroxyl groups excluding tert-OH is 1. The number of nitrogens with one attached hydrogen (secondary N) is 1. The highest BCUT2D eigenvalue weighted by Crippen LogP contribution is 2.18. The maximum absolute atomic E-state index is 12.0. The number of carbonyl (C=O) groups is 1. The van der Waals surface area contributed by atoms with Gasteiger partial charge in [0, 0.05) is 25.6 Å². The molecule has 0 aromatic carbocycles. The molecule has 4 heteroatoms. The SMILES string of the molecule is O=C([C@H]1CCCCN1)N1CCC(CO)C1. The molecule has 2 N–H and O–H groups in total. The van der Waals surface area contributed by atoms with Crippen LogP contribution in [0.25, 0.3) is 0 Å². The Morgan fingerprint density at radius 3 is 2.87 bits per heavy atom. The second kappa shape index (κ2) is 4.94. The van der Waals surface area contributed by atoms with E-state index in [1.807, 2.05) is 4.90 Å². The fraction of sp³-hybridized carbons (Fsp3) is 0.909. The zero-order valence-corrected chi connectivity index (χ0v) is 9.11. The first-order chi connectivity index (χ1) is 7.31. The van der Waals surface area contributed by atoms with Crippen molar-refractivity contribution in [1.82, 2.24) is 10.2 Å². The van der Waals surface area contributed by atoms with Crippen molar-refractivity contribution in [2.45, 2.75) is 31.7 Å². The van der Waals surface area contributed by atoms with Gasteiger partial charge in [0.15, 0.2) is 0 Å². The molecule has 0 aliphatic carbocycles. The van der Waals surface area contributed by atoms with E-state index in [0.29, 0.717) is 5.92 Å². The van der Waals surface area contributed by atoms with Crippen LogP contribution < -0.4 is 5.32 Å². The number of piperidine rings is 1. The van der Waals surface area contributed by atoms with Gasteiger partial charge in [-0.1, -0.05) is 6.42 Å². The van der Waals surface area contributed by atoms with Crippen molar-refractivity contribution < 1.29 is 9.90 Å². The quantitative estimate of drug-likeness (QED) is 0.676. The minimum atomic E-state index is 0.0381. The average molecular weight is 212 g/mol. The highest BCUT2D eigenvalue weighted by atomic mass is 16.3. The first-order valence-electron chi connectivity index (χ1n) is 5.94. The number of likely N-dealkylation sites (tertiary alicyclic amines) is 1. The Kier molecular flexibility index (Phi) is 3.59. The lowest BCUT2D eigenvalue weighted by atomic mass is 10.0. The fourth-order valence-corrected chi connectivity index (χ4v) is 2.46. The van der Waals surface area contributed by atoms with Gasteiger partial charge in [-0.05, 0) is 25.8 Å². The van der Waals surface area contributed by atoms with Gasteiger partial charge >= 0.3 is 0 Å². The van der Waals surface area contributed by atoms with E-state index in [1.165, 1.54) is 6.42 Å². The van der Waals surface area contributed by atoms with E-state index in [4.69, 9.17) is 5.11 Å². The lowest BCUT2D eigenvalue weighted by molar-refractivity contribution is -0.133. The summed E-state index contributed by atoms with van der Waals surface area (Å²) in [5.41, 5.74) is 0. The molecule has 2 atom stereocenters. The average Bonchev–Trinajstić information content (AvgIpc) is 2.78. The van der Waals surface area contributed by atoms with Gasteiger partial charge in [-0.3, -0.25) is 4.79 Å².